The molecule has 1 aromatic carbocycles. The largest absolute Gasteiger partial charge is 0.435 e. The van der Waals surface area contributed by atoms with Crippen LogP contribution in [0, 0.1) is 0 Å². The van der Waals surface area contributed by atoms with Crippen molar-refractivity contribution in [3.8, 4) is 22.7 Å². The van der Waals surface area contributed by atoms with E-state index in [2.05, 4.69) is 15.0 Å². The van der Waals surface area contributed by atoms with Crippen LogP contribution in [0.1, 0.15) is 5.56 Å². The maximum Gasteiger partial charge on any atom is 0.416 e. The number of rotatable bonds is 2. The summed E-state index contributed by atoms with van der Waals surface area (Å²) in [6.45, 7) is 0. The first-order chi connectivity index (χ1) is 12.0. The fourth-order valence-corrected chi connectivity index (χ4v) is 2.54. The first-order valence-corrected chi connectivity index (χ1v) is 7.36. The van der Waals surface area contributed by atoms with Gasteiger partial charge in [0.05, 0.1) is 5.56 Å². The van der Waals surface area contributed by atoms with E-state index in [1.54, 1.807) is 30.7 Å². The van der Waals surface area contributed by atoms with Gasteiger partial charge in [-0.1, -0.05) is 12.1 Å². The zero-order valence-corrected chi connectivity index (χ0v) is 12.7. The van der Waals surface area contributed by atoms with E-state index in [1.807, 2.05) is 12.1 Å². The van der Waals surface area contributed by atoms with Crippen LogP contribution < -0.4 is 0 Å². The first kappa shape index (κ1) is 15.3. The Hall–Kier alpha value is -3.22. The van der Waals surface area contributed by atoms with Crippen LogP contribution >= 0.6 is 0 Å². The summed E-state index contributed by atoms with van der Waals surface area (Å²) in [7, 11) is 0. The van der Waals surface area contributed by atoms with Gasteiger partial charge in [-0.05, 0) is 30.3 Å². The zero-order chi connectivity index (χ0) is 17.4. The maximum atomic E-state index is 12.9. The summed E-state index contributed by atoms with van der Waals surface area (Å²) in [4.78, 5) is 12.6. The Morgan fingerprint density at radius 1 is 0.960 bits per heavy atom. The molecule has 0 fully saturated rings. The normalized spacial score (nSPS) is 11.8. The molecule has 3 aromatic heterocycles. The summed E-state index contributed by atoms with van der Waals surface area (Å²) in [6, 6.07) is 10.4. The SMILES string of the molecule is FC(F)(F)c1ccc2oc(-c3ncccc3-c3cccnc3)nc2c1. The summed E-state index contributed by atoms with van der Waals surface area (Å²) < 4.78 is 44.2. The minimum atomic E-state index is -4.43. The molecule has 0 aliphatic heterocycles. The van der Waals surface area contributed by atoms with Crippen LogP contribution in [-0.4, -0.2) is 15.0 Å². The molecule has 0 amide bonds. The first-order valence-electron chi connectivity index (χ1n) is 7.36. The smallest absolute Gasteiger partial charge is 0.416 e. The lowest BCUT2D eigenvalue weighted by Gasteiger charge is -2.04. The van der Waals surface area contributed by atoms with Crippen LogP contribution in [0.2, 0.25) is 0 Å². The molecule has 4 rings (SSSR count). The Morgan fingerprint density at radius 2 is 1.80 bits per heavy atom. The fraction of sp³-hybridized carbons (Fsp3) is 0.0556. The van der Waals surface area contributed by atoms with E-state index in [-0.39, 0.29) is 17.0 Å². The molecule has 0 saturated heterocycles. The molecule has 3 heterocycles. The van der Waals surface area contributed by atoms with Crippen LogP contribution in [0.15, 0.2) is 65.5 Å². The van der Waals surface area contributed by atoms with Crippen molar-refractivity contribution < 1.29 is 17.6 Å². The summed E-state index contributed by atoms with van der Waals surface area (Å²) >= 11 is 0. The van der Waals surface area contributed by atoms with E-state index in [1.165, 1.54) is 6.07 Å². The van der Waals surface area contributed by atoms with Crippen molar-refractivity contribution in [1.29, 1.82) is 0 Å². The third-order valence-corrected chi connectivity index (χ3v) is 3.70. The lowest BCUT2D eigenvalue weighted by atomic mass is 10.1. The Morgan fingerprint density at radius 3 is 2.56 bits per heavy atom. The summed E-state index contributed by atoms with van der Waals surface area (Å²) in [5.74, 6) is 0.161. The Kier molecular flexibility index (Phi) is 3.49. The van der Waals surface area contributed by atoms with Gasteiger partial charge < -0.3 is 4.42 Å². The van der Waals surface area contributed by atoms with Gasteiger partial charge in [-0.2, -0.15) is 13.2 Å². The van der Waals surface area contributed by atoms with E-state index in [9.17, 15) is 13.2 Å². The van der Waals surface area contributed by atoms with Crippen LogP contribution in [0.25, 0.3) is 33.8 Å². The highest BCUT2D eigenvalue weighted by atomic mass is 19.4. The second kappa shape index (κ2) is 5.70. The third kappa shape index (κ3) is 2.84. The fourth-order valence-electron chi connectivity index (χ4n) is 2.54. The molecule has 0 bridgehead atoms. The molecule has 0 unspecified atom stereocenters. The lowest BCUT2D eigenvalue weighted by Crippen LogP contribution is -2.03. The average molecular weight is 341 g/mol. The predicted octanol–water partition coefficient (Wildman–Crippen LogP) is 4.97. The van der Waals surface area contributed by atoms with E-state index in [4.69, 9.17) is 4.42 Å². The number of oxazole rings is 1. The number of benzene rings is 1. The van der Waals surface area contributed by atoms with Gasteiger partial charge in [0.1, 0.15) is 11.2 Å². The molecule has 0 saturated carbocycles. The second-order valence-corrected chi connectivity index (χ2v) is 5.34. The third-order valence-electron chi connectivity index (χ3n) is 3.70. The predicted molar refractivity (Wildman–Crippen MR) is 85.5 cm³/mol. The number of alkyl halides is 3. The molecule has 0 N–H and O–H groups in total. The lowest BCUT2D eigenvalue weighted by molar-refractivity contribution is -0.137. The number of nitrogens with zero attached hydrogens (tertiary/aromatic N) is 3. The van der Waals surface area contributed by atoms with Crippen molar-refractivity contribution in [1.82, 2.24) is 15.0 Å². The monoisotopic (exact) mass is 341 g/mol. The summed E-state index contributed by atoms with van der Waals surface area (Å²) in [6.07, 6.45) is 0.465. The number of pyridine rings is 2. The number of aromatic nitrogens is 3. The van der Waals surface area contributed by atoms with Crippen molar-refractivity contribution >= 4 is 11.1 Å². The van der Waals surface area contributed by atoms with Crippen LogP contribution in [0.4, 0.5) is 13.2 Å². The quantitative estimate of drug-likeness (QED) is 0.516. The molecular weight excluding hydrogens is 331 g/mol. The maximum absolute atomic E-state index is 12.9. The average Bonchev–Trinajstić information content (AvgIpc) is 3.05. The van der Waals surface area contributed by atoms with Gasteiger partial charge in [-0.3, -0.25) is 9.97 Å². The van der Waals surface area contributed by atoms with Gasteiger partial charge >= 0.3 is 6.18 Å². The van der Waals surface area contributed by atoms with Gasteiger partial charge in [0.2, 0.25) is 5.89 Å². The number of hydrogen-bond acceptors (Lipinski definition) is 4. The standard InChI is InChI=1S/C18H10F3N3O/c19-18(20,21)12-5-6-15-14(9-12)24-17(25-15)16-13(4-2-8-23-16)11-3-1-7-22-10-11/h1-10H. The summed E-state index contributed by atoms with van der Waals surface area (Å²) in [5, 5.41) is 0. The van der Waals surface area contributed by atoms with Gasteiger partial charge in [-0.15, -0.1) is 0 Å². The van der Waals surface area contributed by atoms with E-state index in [0.29, 0.717) is 5.69 Å². The van der Waals surface area contributed by atoms with Gasteiger partial charge in [0.25, 0.3) is 0 Å². The van der Waals surface area contributed by atoms with Crippen molar-refractivity contribution in [2.75, 3.05) is 0 Å². The second-order valence-electron chi connectivity index (χ2n) is 5.34. The molecule has 4 nitrogen and oxygen atoms in total. The molecule has 0 aliphatic rings. The van der Waals surface area contributed by atoms with Crippen molar-refractivity contribution in [3.63, 3.8) is 0 Å². The number of hydrogen-bond donors (Lipinski definition) is 0. The van der Waals surface area contributed by atoms with Crippen LogP contribution in [0.3, 0.4) is 0 Å². The van der Waals surface area contributed by atoms with Gasteiger partial charge in [0, 0.05) is 29.7 Å². The van der Waals surface area contributed by atoms with Crippen molar-refractivity contribution in [3.05, 3.63) is 66.6 Å². The number of halogens is 3. The highest BCUT2D eigenvalue weighted by Gasteiger charge is 2.31. The Bertz CT molecular complexity index is 1040. The molecule has 0 aliphatic carbocycles. The van der Waals surface area contributed by atoms with E-state index >= 15 is 0 Å². The van der Waals surface area contributed by atoms with Gasteiger partial charge in [-0.25, -0.2) is 4.98 Å². The molecule has 25 heavy (non-hydrogen) atoms. The molecule has 0 radical (unpaired) electrons. The van der Waals surface area contributed by atoms with Crippen molar-refractivity contribution in [2.24, 2.45) is 0 Å². The molecule has 0 spiro atoms. The zero-order valence-electron chi connectivity index (χ0n) is 12.7. The molecule has 124 valence electrons. The van der Waals surface area contributed by atoms with E-state index in [0.717, 1.165) is 23.3 Å². The minimum absolute atomic E-state index is 0.132. The Balaban J connectivity index is 1.86. The highest BCUT2D eigenvalue weighted by Crippen LogP contribution is 2.34. The van der Waals surface area contributed by atoms with Crippen LogP contribution in [0.5, 0.6) is 0 Å². The molecule has 7 heteroatoms. The molecule has 0 atom stereocenters. The highest BCUT2D eigenvalue weighted by molar-refractivity contribution is 5.81. The molecular formula is C18H10F3N3O. The number of fused-ring (bicyclic) bond motifs is 1. The van der Waals surface area contributed by atoms with Gasteiger partial charge in [0.15, 0.2) is 5.58 Å². The summed E-state index contributed by atoms with van der Waals surface area (Å²) in [5.41, 5.74) is 1.62. The van der Waals surface area contributed by atoms with Crippen molar-refractivity contribution in [2.45, 2.75) is 6.18 Å². The topological polar surface area (TPSA) is 51.8 Å². The minimum Gasteiger partial charge on any atom is -0.435 e. The molecule has 4 aromatic rings. The van der Waals surface area contributed by atoms with E-state index < -0.39 is 11.7 Å². The Labute approximate surface area is 140 Å². The van der Waals surface area contributed by atoms with Crippen LogP contribution in [-0.2, 0) is 6.18 Å².